The van der Waals surface area contributed by atoms with Crippen LogP contribution in [0.4, 0.5) is 5.69 Å². The molecule has 120 valence electrons. The molecule has 2 N–H and O–H groups in total. The number of methoxy groups -OCH3 is 2. The fourth-order valence-electron chi connectivity index (χ4n) is 2.11. The molecule has 0 saturated heterocycles. The molecule has 0 spiro atoms. The fraction of sp³-hybridized carbons (Fsp3) is 0.176. The maximum atomic E-state index is 12.3. The van der Waals surface area contributed by atoms with Crippen molar-refractivity contribution in [3.8, 4) is 11.5 Å². The Hall–Kier alpha value is -3.02. The molecule has 0 bridgehead atoms. The maximum absolute atomic E-state index is 12.3. The summed E-state index contributed by atoms with van der Waals surface area (Å²) in [6.45, 7) is -0.0280. The van der Waals surface area contributed by atoms with Gasteiger partial charge in [0.05, 0.1) is 26.3 Å². The number of aromatic carboxylic acids is 1. The van der Waals surface area contributed by atoms with Gasteiger partial charge in [0.15, 0.2) is 17.3 Å². The van der Waals surface area contributed by atoms with Crippen molar-refractivity contribution in [3.63, 3.8) is 0 Å². The van der Waals surface area contributed by atoms with Gasteiger partial charge < -0.3 is 19.9 Å². The van der Waals surface area contributed by atoms with Gasteiger partial charge in [-0.15, -0.1) is 0 Å². The van der Waals surface area contributed by atoms with E-state index in [0.29, 0.717) is 22.7 Å². The van der Waals surface area contributed by atoms with E-state index in [1.807, 2.05) is 0 Å². The number of carbonyl (C=O) groups excluding carboxylic acids is 1. The van der Waals surface area contributed by atoms with Crippen LogP contribution in [0.1, 0.15) is 20.7 Å². The number of para-hydroxylation sites is 1. The molecule has 0 amide bonds. The molecular formula is C17H17NO5. The first-order valence-electron chi connectivity index (χ1n) is 6.88. The normalized spacial score (nSPS) is 10.0. The predicted octanol–water partition coefficient (Wildman–Crippen LogP) is 2.70. The quantitative estimate of drug-likeness (QED) is 0.764. The summed E-state index contributed by atoms with van der Waals surface area (Å²) in [4.78, 5) is 23.4. The van der Waals surface area contributed by atoms with Gasteiger partial charge in [0.1, 0.15) is 0 Å². The van der Waals surface area contributed by atoms with Crippen LogP contribution in [0.5, 0.6) is 11.5 Å². The van der Waals surface area contributed by atoms with Gasteiger partial charge in [0, 0.05) is 11.3 Å². The third-order valence-electron chi connectivity index (χ3n) is 3.30. The Bertz CT molecular complexity index is 727. The molecule has 0 aliphatic heterocycles. The molecule has 0 unspecified atom stereocenters. The van der Waals surface area contributed by atoms with E-state index in [9.17, 15) is 9.59 Å². The van der Waals surface area contributed by atoms with E-state index in [2.05, 4.69) is 5.32 Å². The summed E-state index contributed by atoms with van der Waals surface area (Å²) in [7, 11) is 3.01. The topological polar surface area (TPSA) is 84.9 Å². The number of ketones is 1. The molecule has 2 rings (SSSR count). The SMILES string of the molecule is COc1ccc(C(=O)CNc2ccccc2C(=O)O)cc1OC. The van der Waals surface area contributed by atoms with Crippen molar-refractivity contribution >= 4 is 17.4 Å². The second-order valence-electron chi connectivity index (χ2n) is 4.70. The molecule has 23 heavy (non-hydrogen) atoms. The zero-order valence-corrected chi connectivity index (χ0v) is 12.8. The van der Waals surface area contributed by atoms with Crippen LogP contribution in [0.15, 0.2) is 42.5 Å². The molecule has 6 heteroatoms. The van der Waals surface area contributed by atoms with Crippen molar-refractivity contribution < 1.29 is 24.2 Å². The highest BCUT2D eigenvalue weighted by Gasteiger charge is 2.13. The lowest BCUT2D eigenvalue weighted by Gasteiger charge is -2.11. The molecule has 0 aliphatic carbocycles. The van der Waals surface area contributed by atoms with Gasteiger partial charge in [0.2, 0.25) is 0 Å². The zero-order chi connectivity index (χ0) is 16.8. The van der Waals surface area contributed by atoms with Crippen LogP contribution < -0.4 is 14.8 Å². The number of rotatable bonds is 7. The second-order valence-corrected chi connectivity index (χ2v) is 4.70. The number of benzene rings is 2. The average molecular weight is 315 g/mol. The van der Waals surface area contributed by atoms with Crippen LogP contribution in [0.2, 0.25) is 0 Å². The number of nitrogens with one attached hydrogen (secondary N) is 1. The van der Waals surface area contributed by atoms with E-state index < -0.39 is 5.97 Å². The van der Waals surface area contributed by atoms with Gasteiger partial charge >= 0.3 is 5.97 Å². The molecule has 6 nitrogen and oxygen atoms in total. The number of hydrogen-bond acceptors (Lipinski definition) is 5. The molecule has 0 radical (unpaired) electrons. The molecule has 0 saturated carbocycles. The van der Waals surface area contributed by atoms with Crippen LogP contribution in [-0.4, -0.2) is 37.6 Å². The Labute approximate surface area is 133 Å². The molecule has 2 aromatic carbocycles. The number of carboxylic acids is 1. The largest absolute Gasteiger partial charge is 0.493 e. The summed E-state index contributed by atoms with van der Waals surface area (Å²) in [6.07, 6.45) is 0. The van der Waals surface area contributed by atoms with Crippen LogP contribution in [0, 0.1) is 0 Å². The van der Waals surface area contributed by atoms with Gasteiger partial charge in [-0.3, -0.25) is 4.79 Å². The van der Waals surface area contributed by atoms with Crippen molar-refractivity contribution in [1.82, 2.24) is 0 Å². The van der Waals surface area contributed by atoms with Crippen molar-refractivity contribution in [1.29, 1.82) is 0 Å². The molecule has 0 aliphatic rings. The van der Waals surface area contributed by atoms with Gasteiger partial charge in [-0.2, -0.15) is 0 Å². The smallest absolute Gasteiger partial charge is 0.337 e. The first-order valence-corrected chi connectivity index (χ1v) is 6.88. The molecule has 0 heterocycles. The summed E-state index contributed by atoms with van der Waals surface area (Å²) in [5, 5.41) is 12.0. The van der Waals surface area contributed by atoms with Gasteiger partial charge in [-0.25, -0.2) is 4.79 Å². The van der Waals surface area contributed by atoms with E-state index in [1.54, 1.807) is 36.4 Å². The van der Waals surface area contributed by atoms with Crippen molar-refractivity contribution in [3.05, 3.63) is 53.6 Å². The number of carbonyl (C=O) groups is 2. The highest BCUT2D eigenvalue weighted by atomic mass is 16.5. The third-order valence-corrected chi connectivity index (χ3v) is 3.30. The van der Waals surface area contributed by atoms with E-state index >= 15 is 0 Å². The minimum atomic E-state index is -1.05. The molecule has 0 aromatic heterocycles. The van der Waals surface area contributed by atoms with Gasteiger partial charge in [-0.05, 0) is 30.3 Å². The Morgan fingerprint density at radius 3 is 2.39 bits per heavy atom. The van der Waals surface area contributed by atoms with Crippen molar-refractivity contribution in [2.24, 2.45) is 0 Å². The van der Waals surface area contributed by atoms with Crippen LogP contribution >= 0.6 is 0 Å². The van der Waals surface area contributed by atoms with Gasteiger partial charge in [0.25, 0.3) is 0 Å². The Morgan fingerprint density at radius 1 is 1.04 bits per heavy atom. The van der Waals surface area contributed by atoms with Crippen LogP contribution in [0.3, 0.4) is 0 Å². The molecule has 0 atom stereocenters. The number of hydrogen-bond donors (Lipinski definition) is 2. The monoisotopic (exact) mass is 315 g/mol. The Balaban J connectivity index is 2.13. The number of Topliss-reactive ketones (excluding diaryl/α,β-unsaturated/α-hetero) is 1. The highest BCUT2D eigenvalue weighted by molar-refractivity contribution is 6.01. The van der Waals surface area contributed by atoms with E-state index in [-0.39, 0.29) is 17.9 Å². The minimum Gasteiger partial charge on any atom is -0.493 e. The lowest BCUT2D eigenvalue weighted by Crippen LogP contribution is -2.16. The third kappa shape index (κ3) is 3.79. The Morgan fingerprint density at radius 2 is 1.74 bits per heavy atom. The van der Waals surface area contributed by atoms with Crippen LogP contribution in [0.25, 0.3) is 0 Å². The standard InChI is InChI=1S/C17H17NO5/c1-22-15-8-7-11(9-16(15)23-2)14(19)10-18-13-6-4-3-5-12(13)17(20)21/h3-9,18H,10H2,1-2H3,(H,20,21). The van der Waals surface area contributed by atoms with Crippen molar-refractivity contribution in [2.75, 3.05) is 26.1 Å². The first kappa shape index (κ1) is 16.4. The summed E-state index contributed by atoms with van der Waals surface area (Å²) >= 11 is 0. The number of ether oxygens (including phenoxy) is 2. The van der Waals surface area contributed by atoms with Crippen LogP contribution in [-0.2, 0) is 0 Å². The number of carboxylic acid groups (broad SMARTS) is 1. The molecule has 0 fully saturated rings. The summed E-state index contributed by atoms with van der Waals surface area (Å²) < 4.78 is 10.3. The summed E-state index contributed by atoms with van der Waals surface area (Å²) in [5.41, 5.74) is 0.962. The molecule has 2 aromatic rings. The minimum absolute atomic E-state index is 0.0280. The second kappa shape index (κ2) is 7.31. The number of anilines is 1. The Kier molecular flexibility index (Phi) is 5.19. The van der Waals surface area contributed by atoms with E-state index in [4.69, 9.17) is 14.6 Å². The van der Waals surface area contributed by atoms with E-state index in [0.717, 1.165) is 0 Å². The molecular weight excluding hydrogens is 298 g/mol. The van der Waals surface area contributed by atoms with E-state index in [1.165, 1.54) is 20.3 Å². The highest BCUT2D eigenvalue weighted by Crippen LogP contribution is 2.27. The lowest BCUT2D eigenvalue weighted by atomic mass is 10.1. The van der Waals surface area contributed by atoms with Gasteiger partial charge in [-0.1, -0.05) is 12.1 Å². The summed E-state index contributed by atoms with van der Waals surface area (Å²) in [5.74, 6) is -0.240. The van der Waals surface area contributed by atoms with Crippen molar-refractivity contribution in [2.45, 2.75) is 0 Å². The first-order chi connectivity index (χ1) is 11.1. The fourth-order valence-corrected chi connectivity index (χ4v) is 2.11. The lowest BCUT2D eigenvalue weighted by molar-refractivity contribution is 0.0697. The zero-order valence-electron chi connectivity index (χ0n) is 12.8. The predicted molar refractivity (Wildman–Crippen MR) is 85.8 cm³/mol. The maximum Gasteiger partial charge on any atom is 0.337 e. The average Bonchev–Trinajstić information content (AvgIpc) is 2.59. The summed E-state index contributed by atoms with van der Waals surface area (Å²) in [6, 6.07) is 11.3.